The lowest BCUT2D eigenvalue weighted by Gasteiger charge is -2.17. The summed E-state index contributed by atoms with van der Waals surface area (Å²) in [5.74, 6) is -2.81. The van der Waals surface area contributed by atoms with Crippen molar-refractivity contribution in [1.29, 1.82) is 0 Å². The van der Waals surface area contributed by atoms with Gasteiger partial charge in [0.2, 0.25) is 5.75 Å². The molecule has 0 spiro atoms. The second-order valence-electron chi connectivity index (χ2n) is 8.13. The maximum Gasteiger partial charge on any atom is 0.431 e. The molecule has 0 aliphatic rings. The Balaban J connectivity index is 1.77. The van der Waals surface area contributed by atoms with Gasteiger partial charge in [0.1, 0.15) is 23.9 Å². The number of hydrogen-bond acceptors (Lipinski definition) is 7. The predicted molar refractivity (Wildman–Crippen MR) is 134 cm³/mol. The van der Waals surface area contributed by atoms with Crippen LogP contribution in [-0.4, -0.2) is 27.2 Å². The number of carbonyl (C=O) groups excluding carboxylic acids is 1. The molecule has 0 aliphatic heterocycles. The smallest absolute Gasteiger partial charge is 0.431 e. The number of halogens is 5. The number of rotatable bonds is 7. The molecule has 2 aromatic heterocycles. The second-order valence-corrected chi connectivity index (χ2v) is 8.54. The number of benzene rings is 2. The van der Waals surface area contributed by atoms with Crippen LogP contribution in [0.5, 0.6) is 17.2 Å². The van der Waals surface area contributed by atoms with Gasteiger partial charge >= 0.3 is 17.8 Å². The van der Waals surface area contributed by atoms with Crippen molar-refractivity contribution in [3.05, 3.63) is 109 Å². The summed E-state index contributed by atoms with van der Waals surface area (Å²) in [6, 6.07) is 11.8. The Bertz CT molecular complexity index is 1700. The minimum absolute atomic E-state index is 0.00814. The highest BCUT2D eigenvalue weighted by atomic mass is 35.5. The van der Waals surface area contributed by atoms with Crippen LogP contribution >= 0.6 is 11.6 Å². The van der Waals surface area contributed by atoms with Crippen molar-refractivity contribution in [1.82, 2.24) is 14.1 Å². The Morgan fingerprint density at radius 1 is 1.05 bits per heavy atom. The molecule has 0 fully saturated rings. The Morgan fingerprint density at radius 2 is 1.75 bits per heavy atom. The first-order chi connectivity index (χ1) is 18.9. The number of ether oxygens (including phenoxy) is 3. The Labute approximate surface area is 227 Å². The van der Waals surface area contributed by atoms with E-state index in [1.807, 2.05) is 0 Å². The highest BCUT2D eigenvalue weighted by Crippen LogP contribution is 2.39. The minimum atomic E-state index is -5.01. The van der Waals surface area contributed by atoms with Crippen molar-refractivity contribution in [2.75, 3.05) is 7.11 Å². The third kappa shape index (κ3) is 5.69. The summed E-state index contributed by atoms with van der Waals surface area (Å²) in [6.45, 7) is -0.0976. The van der Waals surface area contributed by atoms with E-state index in [4.69, 9.17) is 25.8 Å². The van der Waals surface area contributed by atoms with Gasteiger partial charge < -0.3 is 14.2 Å². The molecule has 0 radical (unpaired) electrons. The molecule has 0 unspecified atom stereocenters. The monoisotopic (exact) mass is 579 g/mol. The lowest BCUT2D eigenvalue weighted by molar-refractivity contribution is -0.144. The number of hydrogen-bond donors (Lipinski definition) is 0. The van der Waals surface area contributed by atoms with Gasteiger partial charge in [-0.3, -0.25) is 9.36 Å². The van der Waals surface area contributed by atoms with Crippen LogP contribution in [0.15, 0.2) is 70.4 Å². The lowest BCUT2D eigenvalue weighted by Crippen LogP contribution is -2.41. The van der Waals surface area contributed by atoms with Crippen LogP contribution < -0.4 is 20.7 Å². The van der Waals surface area contributed by atoms with E-state index in [0.717, 1.165) is 13.1 Å². The molecule has 0 amide bonds. The van der Waals surface area contributed by atoms with E-state index in [1.165, 1.54) is 19.4 Å². The van der Waals surface area contributed by atoms with Crippen molar-refractivity contribution in [2.24, 2.45) is 7.05 Å². The SMILES string of the molecule is COc1ccnc(C(=O)OCc2ccccc2)c1Oc1cc(-n2c(=O)cc(C(F)(F)F)n(C)c2=O)c(F)cc1Cl. The molecule has 4 aromatic rings. The normalized spacial score (nSPS) is 11.3. The number of pyridine rings is 1. The fourth-order valence-corrected chi connectivity index (χ4v) is 3.81. The molecule has 0 aliphatic carbocycles. The first-order valence-electron chi connectivity index (χ1n) is 11.2. The fraction of sp³-hybridized carbons (Fsp3) is 0.154. The van der Waals surface area contributed by atoms with Crippen LogP contribution in [-0.2, 0) is 24.6 Å². The third-order valence-electron chi connectivity index (χ3n) is 5.56. The quantitative estimate of drug-likeness (QED) is 0.227. The maximum absolute atomic E-state index is 14.9. The molecule has 0 bridgehead atoms. The lowest BCUT2D eigenvalue weighted by atomic mass is 10.2. The molecule has 2 aromatic carbocycles. The number of aromatic nitrogens is 3. The van der Waals surface area contributed by atoms with Gasteiger partial charge in [-0.15, -0.1) is 0 Å². The van der Waals surface area contributed by atoms with Crippen LogP contribution in [0, 0.1) is 5.82 Å². The number of methoxy groups -OCH3 is 1. The zero-order valence-corrected chi connectivity index (χ0v) is 21.4. The molecule has 0 N–H and O–H groups in total. The van der Waals surface area contributed by atoms with Gasteiger partial charge in [-0.2, -0.15) is 13.2 Å². The molecule has 9 nitrogen and oxygen atoms in total. The average molecular weight is 580 g/mol. The molecule has 0 saturated heterocycles. The van der Waals surface area contributed by atoms with Crippen LogP contribution in [0.1, 0.15) is 21.7 Å². The highest BCUT2D eigenvalue weighted by molar-refractivity contribution is 6.32. The Kier molecular flexibility index (Phi) is 7.96. The summed E-state index contributed by atoms with van der Waals surface area (Å²) in [6.07, 6.45) is -3.77. The highest BCUT2D eigenvalue weighted by Gasteiger charge is 2.35. The maximum atomic E-state index is 14.9. The number of esters is 1. The largest absolute Gasteiger partial charge is 0.493 e. The molecule has 0 saturated carbocycles. The van der Waals surface area contributed by atoms with E-state index >= 15 is 0 Å². The Hall–Kier alpha value is -4.65. The summed E-state index contributed by atoms with van der Waals surface area (Å²) < 4.78 is 71.2. The van der Waals surface area contributed by atoms with Gasteiger partial charge in [0.05, 0.1) is 17.8 Å². The minimum Gasteiger partial charge on any atom is -0.493 e. The predicted octanol–water partition coefficient (Wildman–Crippen LogP) is 4.90. The summed E-state index contributed by atoms with van der Waals surface area (Å²) in [4.78, 5) is 42.1. The van der Waals surface area contributed by atoms with E-state index in [1.54, 1.807) is 30.3 Å². The van der Waals surface area contributed by atoms with E-state index < -0.39 is 40.6 Å². The van der Waals surface area contributed by atoms with E-state index in [-0.39, 0.29) is 49.8 Å². The first-order valence-corrected chi connectivity index (χ1v) is 11.6. The first kappa shape index (κ1) is 28.4. The molecule has 208 valence electrons. The van der Waals surface area contributed by atoms with Crippen LogP contribution in [0.4, 0.5) is 17.6 Å². The Morgan fingerprint density at radius 3 is 2.40 bits per heavy atom. The summed E-state index contributed by atoms with van der Waals surface area (Å²) in [5.41, 5.74) is -4.86. The van der Waals surface area contributed by atoms with E-state index in [0.29, 0.717) is 11.6 Å². The molecule has 40 heavy (non-hydrogen) atoms. The molecule has 14 heteroatoms. The number of nitrogens with zero attached hydrogens (tertiary/aromatic N) is 3. The van der Waals surface area contributed by atoms with Crippen LogP contribution in [0.2, 0.25) is 5.02 Å². The third-order valence-corrected chi connectivity index (χ3v) is 5.85. The van der Waals surface area contributed by atoms with Gasteiger partial charge in [0.25, 0.3) is 5.56 Å². The van der Waals surface area contributed by atoms with Gasteiger partial charge in [-0.05, 0) is 11.6 Å². The fourth-order valence-electron chi connectivity index (χ4n) is 3.62. The van der Waals surface area contributed by atoms with Crippen molar-refractivity contribution in [3.63, 3.8) is 0 Å². The van der Waals surface area contributed by atoms with E-state index in [9.17, 15) is 31.9 Å². The summed E-state index contributed by atoms with van der Waals surface area (Å²) >= 11 is 6.14. The standard InChI is InChI=1S/C26H18ClF4N3O6/c1-33-20(26(29,30)31)12-21(35)34(25(33)37)17-11-19(15(27)10-16(17)28)40-23-18(38-2)8-9-32-22(23)24(36)39-13-14-6-4-3-5-7-14/h3-12H,13H2,1-2H3. The van der Waals surface area contributed by atoms with E-state index in [2.05, 4.69) is 4.98 Å². The van der Waals surface area contributed by atoms with Crippen molar-refractivity contribution in [3.8, 4) is 22.9 Å². The molecule has 0 atom stereocenters. The topological polar surface area (TPSA) is 102 Å². The van der Waals surface area contributed by atoms with Gasteiger partial charge in [0.15, 0.2) is 11.4 Å². The van der Waals surface area contributed by atoms with Crippen LogP contribution in [0.25, 0.3) is 5.69 Å². The van der Waals surface area contributed by atoms with Gasteiger partial charge in [0, 0.05) is 31.4 Å². The number of alkyl halides is 3. The van der Waals surface area contributed by atoms with Crippen LogP contribution in [0.3, 0.4) is 0 Å². The number of carbonyl (C=O) groups is 1. The molecule has 4 rings (SSSR count). The van der Waals surface area contributed by atoms with Gasteiger partial charge in [-0.25, -0.2) is 23.5 Å². The van der Waals surface area contributed by atoms with Gasteiger partial charge in [-0.1, -0.05) is 41.9 Å². The second kappa shape index (κ2) is 11.2. The van der Waals surface area contributed by atoms with Crippen molar-refractivity contribution in [2.45, 2.75) is 12.8 Å². The molecular formula is C26H18ClF4N3O6. The van der Waals surface area contributed by atoms with Crippen molar-refractivity contribution >= 4 is 17.6 Å². The molecule has 2 heterocycles. The van der Waals surface area contributed by atoms with Crippen molar-refractivity contribution < 1.29 is 36.6 Å². The zero-order valence-electron chi connectivity index (χ0n) is 20.7. The zero-order chi connectivity index (χ0) is 29.2. The average Bonchev–Trinajstić information content (AvgIpc) is 2.91. The summed E-state index contributed by atoms with van der Waals surface area (Å²) in [7, 11) is 2.05. The summed E-state index contributed by atoms with van der Waals surface area (Å²) in [5, 5.41) is -0.368. The molecular weight excluding hydrogens is 562 g/mol.